The first-order valence-electron chi connectivity index (χ1n) is 11.2. The normalized spacial score (nSPS) is 14.8. The van der Waals surface area contributed by atoms with E-state index in [9.17, 15) is 4.79 Å². The molecule has 7 heteroatoms. The molecule has 1 saturated heterocycles. The van der Waals surface area contributed by atoms with Gasteiger partial charge >= 0.3 is 0 Å². The third kappa shape index (κ3) is 4.99. The van der Waals surface area contributed by atoms with Crippen LogP contribution in [-0.4, -0.2) is 58.5 Å². The third-order valence-corrected chi connectivity index (χ3v) is 5.91. The van der Waals surface area contributed by atoms with Crippen molar-refractivity contribution in [2.45, 2.75) is 33.2 Å². The van der Waals surface area contributed by atoms with Crippen molar-refractivity contribution in [3.8, 4) is 5.75 Å². The number of anilines is 1. The van der Waals surface area contributed by atoms with Crippen molar-refractivity contribution in [1.29, 1.82) is 0 Å². The SMILES string of the molecule is Cc1ccc(C(C)C)c(OCC(=O)N2CCN(Cc3nc(N)c4ccccc4n3)CC2)c1. The van der Waals surface area contributed by atoms with Gasteiger partial charge in [0.2, 0.25) is 0 Å². The monoisotopic (exact) mass is 433 g/mol. The number of nitrogens with two attached hydrogens (primary N) is 1. The lowest BCUT2D eigenvalue weighted by molar-refractivity contribution is -0.135. The summed E-state index contributed by atoms with van der Waals surface area (Å²) >= 11 is 0. The maximum atomic E-state index is 12.7. The zero-order valence-electron chi connectivity index (χ0n) is 19.0. The van der Waals surface area contributed by atoms with E-state index in [4.69, 9.17) is 10.5 Å². The van der Waals surface area contributed by atoms with Crippen LogP contribution in [0.1, 0.15) is 36.7 Å². The summed E-state index contributed by atoms with van der Waals surface area (Å²) in [6, 6.07) is 13.9. The Labute approximate surface area is 189 Å². The van der Waals surface area contributed by atoms with E-state index in [0.29, 0.717) is 37.2 Å². The fourth-order valence-corrected chi connectivity index (χ4v) is 4.05. The molecule has 1 aliphatic rings. The van der Waals surface area contributed by atoms with Crippen molar-refractivity contribution in [1.82, 2.24) is 19.8 Å². The van der Waals surface area contributed by atoms with Crippen molar-refractivity contribution in [2.24, 2.45) is 0 Å². The van der Waals surface area contributed by atoms with Gasteiger partial charge in [-0.1, -0.05) is 38.1 Å². The van der Waals surface area contributed by atoms with E-state index in [1.165, 1.54) is 0 Å². The quantitative estimate of drug-likeness (QED) is 0.642. The van der Waals surface area contributed by atoms with Crippen LogP contribution in [-0.2, 0) is 11.3 Å². The van der Waals surface area contributed by atoms with E-state index in [-0.39, 0.29) is 12.5 Å². The molecule has 0 bridgehead atoms. The highest BCUT2D eigenvalue weighted by atomic mass is 16.5. The number of benzene rings is 2. The molecule has 4 rings (SSSR count). The van der Waals surface area contributed by atoms with Crippen molar-refractivity contribution < 1.29 is 9.53 Å². The van der Waals surface area contributed by atoms with Crippen molar-refractivity contribution in [3.05, 3.63) is 59.4 Å². The number of ether oxygens (including phenoxy) is 1. The van der Waals surface area contributed by atoms with Crippen LogP contribution in [0.25, 0.3) is 10.9 Å². The summed E-state index contributed by atoms with van der Waals surface area (Å²) in [7, 11) is 0. The van der Waals surface area contributed by atoms with Gasteiger partial charge in [0, 0.05) is 31.6 Å². The Kier molecular flexibility index (Phi) is 6.55. The molecule has 1 aliphatic heterocycles. The first-order valence-corrected chi connectivity index (χ1v) is 11.2. The molecule has 2 aromatic carbocycles. The highest BCUT2D eigenvalue weighted by Crippen LogP contribution is 2.27. The smallest absolute Gasteiger partial charge is 0.260 e. The molecular formula is C25H31N5O2. The van der Waals surface area contributed by atoms with E-state index < -0.39 is 0 Å². The average Bonchev–Trinajstić information content (AvgIpc) is 2.78. The Morgan fingerprint density at radius 1 is 1.09 bits per heavy atom. The average molecular weight is 434 g/mol. The molecule has 7 nitrogen and oxygen atoms in total. The summed E-state index contributed by atoms with van der Waals surface area (Å²) in [5.41, 5.74) is 9.22. The first kappa shape index (κ1) is 22.0. The number of carbonyl (C=O) groups excluding carboxylic acids is 1. The van der Waals surface area contributed by atoms with E-state index in [1.807, 2.05) is 42.2 Å². The van der Waals surface area contributed by atoms with Gasteiger partial charge in [0.1, 0.15) is 17.4 Å². The standard InChI is InChI=1S/C25H31N5O2/c1-17(2)19-9-8-18(3)14-22(19)32-16-24(31)30-12-10-29(11-13-30)15-23-27-21-7-5-4-6-20(21)25(26)28-23/h4-9,14,17H,10-13,15-16H2,1-3H3,(H2,26,27,28). The topological polar surface area (TPSA) is 84.6 Å². The lowest BCUT2D eigenvalue weighted by Crippen LogP contribution is -2.49. The number of aromatic nitrogens is 2. The number of aryl methyl sites for hydroxylation is 1. The minimum absolute atomic E-state index is 0.0204. The van der Waals surface area contributed by atoms with E-state index >= 15 is 0 Å². The Bertz CT molecular complexity index is 1110. The van der Waals surface area contributed by atoms with Crippen LogP contribution in [0, 0.1) is 6.92 Å². The number of nitrogen functional groups attached to an aromatic ring is 1. The van der Waals surface area contributed by atoms with Crippen molar-refractivity contribution in [3.63, 3.8) is 0 Å². The van der Waals surface area contributed by atoms with Gasteiger partial charge in [0.05, 0.1) is 12.1 Å². The minimum Gasteiger partial charge on any atom is -0.483 e. The fourth-order valence-electron chi connectivity index (χ4n) is 4.05. The van der Waals surface area contributed by atoms with Crippen LogP contribution in [0.3, 0.4) is 0 Å². The Balaban J connectivity index is 1.31. The van der Waals surface area contributed by atoms with Crippen molar-refractivity contribution >= 4 is 22.6 Å². The number of hydrogen-bond donors (Lipinski definition) is 1. The van der Waals surface area contributed by atoms with Gasteiger partial charge in [-0.25, -0.2) is 9.97 Å². The predicted octanol–water partition coefficient (Wildman–Crippen LogP) is 3.37. The van der Waals surface area contributed by atoms with Crippen LogP contribution < -0.4 is 10.5 Å². The number of para-hydroxylation sites is 1. The predicted molar refractivity (Wildman–Crippen MR) is 127 cm³/mol. The molecule has 0 saturated carbocycles. The molecule has 168 valence electrons. The van der Waals surface area contributed by atoms with E-state index in [0.717, 1.165) is 40.9 Å². The lowest BCUT2D eigenvalue weighted by atomic mass is 10.0. The zero-order chi connectivity index (χ0) is 22.7. The summed E-state index contributed by atoms with van der Waals surface area (Å²) in [6.07, 6.45) is 0. The second kappa shape index (κ2) is 9.53. The number of rotatable bonds is 6. The molecule has 2 N–H and O–H groups in total. The van der Waals surface area contributed by atoms with Gasteiger partial charge in [-0.15, -0.1) is 0 Å². The highest BCUT2D eigenvalue weighted by molar-refractivity contribution is 5.87. The molecule has 0 aliphatic carbocycles. The second-order valence-corrected chi connectivity index (χ2v) is 8.68. The van der Waals surface area contributed by atoms with Crippen LogP contribution in [0.5, 0.6) is 5.75 Å². The van der Waals surface area contributed by atoms with Crippen molar-refractivity contribution in [2.75, 3.05) is 38.5 Å². The minimum atomic E-state index is 0.0204. The van der Waals surface area contributed by atoms with Crippen LogP contribution in [0.15, 0.2) is 42.5 Å². The third-order valence-electron chi connectivity index (χ3n) is 5.91. The summed E-state index contributed by atoms with van der Waals surface area (Å²) in [5.74, 6) is 2.39. The van der Waals surface area contributed by atoms with Gasteiger partial charge in [-0.3, -0.25) is 9.69 Å². The summed E-state index contributed by atoms with van der Waals surface area (Å²) in [6.45, 7) is 9.84. The molecule has 0 spiro atoms. The Morgan fingerprint density at radius 3 is 2.59 bits per heavy atom. The molecule has 0 atom stereocenters. The Morgan fingerprint density at radius 2 is 1.84 bits per heavy atom. The molecule has 32 heavy (non-hydrogen) atoms. The maximum Gasteiger partial charge on any atom is 0.260 e. The Hall–Kier alpha value is -3.19. The molecule has 2 heterocycles. The van der Waals surface area contributed by atoms with Crippen LogP contribution >= 0.6 is 0 Å². The highest BCUT2D eigenvalue weighted by Gasteiger charge is 2.23. The number of nitrogens with zero attached hydrogens (tertiary/aromatic N) is 4. The maximum absolute atomic E-state index is 12.7. The van der Waals surface area contributed by atoms with Gasteiger partial charge < -0.3 is 15.4 Å². The number of hydrogen-bond acceptors (Lipinski definition) is 6. The molecule has 1 aromatic heterocycles. The summed E-state index contributed by atoms with van der Waals surface area (Å²) in [5, 5.41) is 0.876. The lowest BCUT2D eigenvalue weighted by Gasteiger charge is -2.34. The second-order valence-electron chi connectivity index (χ2n) is 8.68. The number of amides is 1. The van der Waals surface area contributed by atoms with Crippen LogP contribution in [0.2, 0.25) is 0 Å². The first-order chi connectivity index (χ1) is 15.4. The molecule has 1 fully saturated rings. The molecule has 0 unspecified atom stereocenters. The summed E-state index contributed by atoms with van der Waals surface area (Å²) < 4.78 is 5.93. The van der Waals surface area contributed by atoms with Gasteiger partial charge in [0.25, 0.3) is 5.91 Å². The molecule has 3 aromatic rings. The number of carbonyl (C=O) groups is 1. The van der Waals surface area contributed by atoms with Gasteiger partial charge in [-0.05, 0) is 42.2 Å². The molecule has 1 amide bonds. The largest absolute Gasteiger partial charge is 0.483 e. The van der Waals surface area contributed by atoms with E-state index in [2.05, 4.69) is 40.8 Å². The molecular weight excluding hydrogens is 402 g/mol. The van der Waals surface area contributed by atoms with E-state index in [1.54, 1.807) is 0 Å². The van der Waals surface area contributed by atoms with Gasteiger partial charge in [0.15, 0.2) is 6.61 Å². The van der Waals surface area contributed by atoms with Gasteiger partial charge in [-0.2, -0.15) is 0 Å². The fraction of sp³-hybridized carbons (Fsp3) is 0.400. The van der Waals surface area contributed by atoms with Crippen LogP contribution in [0.4, 0.5) is 5.82 Å². The number of fused-ring (bicyclic) bond motifs is 1. The summed E-state index contributed by atoms with van der Waals surface area (Å²) in [4.78, 5) is 26.0. The zero-order valence-corrected chi connectivity index (χ0v) is 19.0. The molecule has 0 radical (unpaired) electrons. The number of piperazine rings is 1.